The summed E-state index contributed by atoms with van der Waals surface area (Å²) in [5, 5.41) is 1.21. The third kappa shape index (κ3) is 1.76. The number of pyridine rings is 1. The number of thiophene rings is 1. The molecule has 0 unspecified atom stereocenters. The molecule has 0 fully saturated rings. The summed E-state index contributed by atoms with van der Waals surface area (Å²) in [6.45, 7) is 4.43. The Kier molecular flexibility index (Phi) is 2.83. The van der Waals surface area contributed by atoms with Gasteiger partial charge in [0.25, 0.3) is 0 Å². The van der Waals surface area contributed by atoms with Crippen LogP contribution >= 0.6 is 11.3 Å². The zero-order valence-electron chi connectivity index (χ0n) is 12.1. The summed E-state index contributed by atoms with van der Waals surface area (Å²) in [5.41, 5.74) is 7.78. The third-order valence-corrected chi connectivity index (χ3v) is 5.27. The number of aromatic nitrogens is 3. The van der Waals surface area contributed by atoms with E-state index in [4.69, 9.17) is 10.8 Å². The van der Waals surface area contributed by atoms with E-state index >= 15 is 0 Å². The molecule has 0 aliphatic heterocycles. The number of anilines is 1. The second-order valence-corrected chi connectivity index (χ2v) is 6.79. The zero-order valence-corrected chi connectivity index (χ0v) is 12.9. The molecule has 0 radical (unpaired) electrons. The number of nitrogens with two attached hydrogens (primary N) is 1. The van der Waals surface area contributed by atoms with Crippen molar-refractivity contribution in [3.8, 4) is 0 Å². The summed E-state index contributed by atoms with van der Waals surface area (Å²) < 4.78 is 0.998. The molecule has 0 atom stereocenters. The van der Waals surface area contributed by atoms with Crippen molar-refractivity contribution in [2.24, 2.45) is 5.84 Å². The molecule has 0 aromatic carbocycles. The lowest BCUT2D eigenvalue weighted by Gasteiger charge is -2.11. The Morgan fingerprint density at radius 2 is 2.05 bits per heavy atom. The number of fused-ring (bicyclic) bond motifs is 5. The number of hydrogen-bond acceptors (Lipinski definition) is 6. The summed E-state index contributed by atoms with van der Waals surface area (Å²) in [6.07, 6.45) is 5.03. The van der Waals surface area contributed by atoms with E-state index in [1.165, 1.54) is 28.6 Å². The van der Waals surface area contributed by atoms with Crippen molar-refractivity contribution < 1.29 is 0 Å². The largest absolute Gasteiger partial charge is 0.307 e. The van der Waals surface area contributed by atoms with E-state index in [1.54, 1.807) is 17.7 Å². The number of hydrazine groups is 1. The summed E-state index contributed by atoms with van der Waals surface area (Å²) in [6, 6.07) is 0. The number of nitrogen functional groups attached to an aromatic ring is 1. The monoisotopic (exact) mass is 299 g/mol. The lowest BCUT2D eigenvalue weighted by molar-refractivity contribution is 0.805. The van der Waals surface area contributed by atoms with Crippen LogP contribution in [-0.4, -0.2) is 15.0 Å². The minimum atomic E-state index is 0.449. The maximum absolute atomic E-state index is 5.57. The van der Waals surface area contributed by atoms with Gasteiger partial charge in [-0.15, -0.1) is 11.3 Å². The standard InChI is InChI=1S/C15H17N5S/c1-7(2)11-9-5-3-4-8(9)10-12-13(21-15(10)19-11)14(20-16)18-6-17-12/h6-7H,3-5,16H2,1-2H3,(H,17,18,20). The summed E-state index contributed by atoms with van der Waals surface area (Å²) in [7, 11) is 0. The topological polar surface area (TPSA) is 76.7 Å². The SMILES string of the molecule is CC(C)c1nc2sc3c(NN)ncnc3c2c2c1CCC2. The van der Waals surface area contributed by atoms with Crippen LogP contribution in [0, 0.1) is 0 Å². The van der Waals surface area contributed by atoms with E-state index in [-0.39, 0.29) is 0 Å². The fourth-order valence-electron chi connectivity index (χ4n) is 3.31. The molecule has 5 nitrogen and oxygen atoms in total. The second-order valence-electron chi connectivity index (χ2n) is 5.79. The zero-order chi connectivity index (χ0) is 14.6. The number of nitrogens with one attached hydrogen (secondary N) is 1. The summed E-state index contributed by atoms with van der Waals surface area (Å²) >= 11 is 1.63. The number of nitrogens with zero attached hydrogens (tertiary/aromatic N) is 3. The van der Waals surface area contributed by atoms with E-state index in [1.807, 2.05) is 0 Å². The molecule has 108 valence electrons. The summed E-state index contributed by atoms with van der Waals surface area (Å²) in [4.78, 5) is 14.7. The van der Waals surface area contributed by atoms with Crippen LogP contribution in [0.4, 0.5) is 5.82 Å². The van der Waals surface area contributed by atoms with Gasteiger partial charge in [-0.05, 0) is 36.3 Å². The van der Waals surface area contributed by atoms with Gasteiger partial charge in [0, 0.05) is 11.1 Å². The minimum Gasteiger partial charge on any atom is -0.307 e. The Morgan fingerprint density at radius 3 is 2.81 bits per heavy atom. The first-order chi connectivity index (χ1) is 10.2. The maximum Gasteiger partial charge on any atom is 0.161 e. The molecular weight excluding hydrogens is 282 g/mol. The van der Waals surface area contributed by atoms with Crippen molar-refractivity contribution in [2.75, 3.05) is 5.43 Å². The molecule has 1 aliphatic carbocycles. The highest BCUT2D eigenvalue weighted by atomic mass is 32.1. The van der Waals surface area contributed by atoms with Crippen LogP contribution in [0.5, 0.6) is 0 Å². The van der Waals surface area contributed by atoms with Crippen LogP contribution in [0.15, 0.2) is 6.33 Å². The minimum absolute atomic E-state index is 0.449. The van der Waals surface area contributed by atoms with E-state index in [2.05, 4.69) is 29.2 Å². The van der Waals surface area contributed by atoms with Gasteiger partial charge in [-0.2, -0.15) is 0 Å². The fourth-order valence-corrected chi connectivity index (χ4v) is 4.43. The molecule has 0 saturated heterocycles. The van der Waals surface area contributed by atoms with Crippen molar-refractivity contribution in [3.63, 3.8) is 0 Å². The van der Waals surface area contributed by atoms with Gasteiger partial charge in [-0.1, -0.05) is 13.8 Å². The molecule has 0 amide bonds. The maximum atomic E-state index is 5.57. The molecule has 6 heteroatoms. The van der Waals surface area contributed by atoms with Crippen molar-refractivity contribution in [1.29, 1.82) is 0 Å². The fraction of sp³-hybridized carbons (Fsp3) is 0.400. The van der Waals surface area contributed by atoms with E-state index < -0.39 is 0 Å². The molecule has 3 aromatic heterocycles. The molecule has 1 aliphatic rings. The van der Waals surface area contributed by atoms with Gasteiger partial charge in [-0.25, -0.2) is 20.8 Å². The van der Waals surface area contributed by atoms with Crippen LogP contribution in [0.2, 0.25) is 0 Å². The number of hydrogen-bond donors (Lipinski definition) is 2. The first kappa shape index (κ1) is 12.9. The predicted molar refractivity (Wildman–Crippen MR) is 86.6 cm³/mol. The van der Waals surface area contributed by atoms with Crippen LogP contribution in [-0.2, 0) is 12.8 Å². The van der Waals surface area contributed by atoms with Gasteiger partial charge in [0.2, 0.25) is 0 Å². The Balaban J connectivity index is 2.17. The van der Waals surface area contributed by atoms with Crippen LogP contribution in [0.25, 0.3) is 20.4 Å². The van der Waals surface area contributed by atoms with E-state index in [0.717, 1.165) is 27.9 Å². The van der Waals surface area contributed by atoms with Gasteiger partial charge in [-0.3, -0.25) is 0 Å². The molecule has 3 aromatic rings. The molecule has 0 spiro atoms. The molecule has 3 N–H and O–H groups in total. The van der Waals surface area contributed by atoms with Crippen molar-refractivity contribution in [2.45, 2.75) is 39.0 Å². The van der Waals surface area contributed by atoms with E-state index in [0.29, 0.717) is 11.7 Å². The first-order valence-corrected chi connectivity index (χ1v) is 8.07. The molecule has 4 rings (SSSR count). The van der Waals surface area contributed by atoms with Crippen LogP contribution in [0.1, 0.15) is 43.0 Å². The highest BCUT2D eigenvalue weighted by Crippen LogP contribution is 2.42. The van der Waals surface area contributed by atoms with Crippen molar-refractivity contribution in [3.05, 3.63) is 23.1 Å². The van der Waals surface area contributed by atoms with Gasteiger partial charge >= 0.3 is 0 Å². The van der Waals surface area contributed by atoms with Crippen molar-refractivity contribution in [1.82, 2.24) is 15.0 Å². The number of rotatable bonds is 2. The average Bonchev–Trinajstić information content (AvgIpc) is 3.08. The summed E-state index contributed by atoms with van der Waals surface area (Å²) in [5.74, 6) is 6.70. The normalized spacial score (nSPS) is 14.3. The Bertz CT molecular complexity index is 852. The lowest BCUT2D eigenvalue weighted by Crippen LogP contribution is -2.08. The first-order valence-electron chi connectivity index (χ1n) is 7.26. The molecule has 3 heterocycles. The predicted octanol–water partition coefficient (Wildman–Crippen LogP) is 3.14. The molecular formula is C15H17N5S. The highest BCUT2D eigenvalue weighted by Gasteiger charge is 2.24. The van der Waals surface area contributed by atoms with Gasteiger partial charge in [0.15, 0.2) is 5.82 Å². The van der Waals surface area contributed by atoms with Gasteiger partial charge < -0.3 is 5.43 Å². The molecule has 21 heavy (non-hydrogen) atoms. The third-order valence-electron chi connectivity index (χ3n) is 4.19. The Morgan fingerprint density at radius 1 is 1.24 bits per heavy atom. The van der Waals surface area contributed by atoms with E-state index in [9.17, 15) is 0 Å². The molecule has 0 bridgehead atoms. The van der Waals surface area contributed by atoms with Gasteiger partial charge in [0.1, 0.15) is 11.2 Å². The number of aryl methyl sites for hydroxylation is 1. The Labute approximate surface area is 126 Å². The smallest absolute Gasteiger partial charge is 0.161 e. The van der Waals surface area contributed by atoms with Crippen molar-refractivity contribution >= 4 is 37.6 Å². The Hall–Kier alpha value is -1.79. The van der Waals surface area contributed by atoms with Crippen LogP contribution in [0.3, 0.4) is 0 Å². The highest BCUT2D eigenvalue weighted by molar-refractivity contribution is 7.26. The van der Waals surface area contributed by atoms with Crippen LogP contribution < -0.4 is 11.3 Å². The lowest BCUT2D eigenvalue weighted by atomic mass is 9.99. The molecule has 0 saturated carbocycles. The second kappa shape index (κ2) is 4.61. The quantitative estimate of drug-likeness (QED) is 0.561. The van der Waals surface area contributed by atoms with Gasteiger partial charge in [0.05, 0.1) is 10.2 Å². The average molecular weight is 299 g/mol.